The second-order valence-corrected chi connectivity index (χ2v) is 7.87. The summed E-state index contributed by atoms with van der Waals surface area (Å²) < 4.78 is 14.9. The van der Waals surface area contributed by atoms with E-state index in [2.05, 4.69) is 11.4 Å². The summed E-state index contributed by atoms with van der Waals surface area (Å²) in [5, 5.41) is 0. The van der Waals surface area contributed by atoms with Gasteiger partial charge in [0.2, 0.25) is 0 Å². The van der Waals surface area contributed by atoms with Crippen LogP contribution < -0.4 is 18.9 Å². The van der Waals surface area contributed by atoms with E-state index in [0.717, 1.165) is 19.3 Å². The van der Waals surface area contributed by atoms with Gasteiger partial charge in [-0.1, -0.05) is 103 Å². The van der Waals surface area contributed by atoms with Gasteiger partial charge >= 0.3 is 26.7 Å². The van der Waals surface area contributed by atoms with Crippen molar-refractivity contribution in [1.29, 1.82) is 0 Å². The standard InChI is InChI=1S/C18H39O4P.Li.H/c1-2-3-4-5-6-7-8-9-10-11-12-13-14-15-16-17-18-22-23(19,20)21;;/h2-18H2,1H3,(H2,19,20,21);;/q;+1;-1. The maximum atomic E-state index is 10.5. The molecule has 0 aromatic rings. The van der Waals surface area contributed by atoms with Crippen molar-refractivity contribution in [3.05, 3.63) is 0 Å². The average molecular weight is 358 g/mol. The van der Waals surface area contributed by atoms with E-state index in [1.54, 1.807) is 0 Å². The van der Waals surface area contributed by atoms with Crippen LogP contribution >= 0.6 is 7.82 Å². The molecule has 0 saturated heterocycles. The summed E-state index contributed by atoms with van der Waals surface area (Å²) >= 11 is 0. The van der Waals surface area contributed by atoms with E-state index in [1.807, 2.05) is 0 Å². The van der Waals surface area contributed by atoms with Gasteiger partial charge in [0.15, 0.2) is 0 Å². The molecule has 24 heavy (non-hydrogen) atoms. The molecule has 0 amide bonds. The molecular formula is C18H40LiO4P. The Bertz CT molecular complexity index is 290. The predicted octanol–water partition coefficient (Wildman–Crippen LogP) is 3.47. The Hall–Kier alpha value is 0.707. The van der Waals surface area contributed by atoms with Crippen molar-refractivity contribution >= 4 is 7.82 Å². The first kappa shape index (κ1) is 26.9. The predicted molar refractivity (Wildman–Crippen MR) is 98.7 cm³/mol. The van der Waals surface area contributed by atoms with Crippen LogP contribution in [-0.4, -0.2) is 16.4 Å². The van der Waals surface area contributed by atoms with Gasteiger partial charge in [0.05, 0.1) is 6.61 Å². The molecule has 0 saturated carbocycles. The van der Waals surface area contributed by atoms with Gasteiger partial charge in [-0.3, -0.25) is 4.52 Å². The van der Waals surface area contributed by atoms with Crippen molar-refractivity contribution in [3.63, 3.8) is 0 Å². The summed E-state index contributed by atoms with van der Waals surface area (Å²) in [5.74, 6) is 0. The molecule has 0 aliphatic heterocycles. The molecule has 6 heteroatoms. The molecule has 0 aromatic heterocycles. The Morgan fingerprint density at radius 1 is 0.667 bits per heavy atom. The maximum absolute atomic E-state index is 10.5. The topological polar surface area (TPSA) is 66.8 Å². The fraction of sp³-hybridized carbons (Fsp3) is 1.00. The van der Waals surface area contributed by atoms with Gasteiger partial charge in [0, 0.05) is 0 Å². The van der Waals surface area contributed by atoms with E-state index in [9.17, 15) is 4.57 Å². The van der Waals surface area contributed by atoms with Crippen LogP contribution in [0, 0.1) is 0 Å². The third-order valence-electron chi connectivity index (χ3n) is 4.26. The van der Waals surface area contributed by atoms with E-state index in [4.69, 9.17) is 9.79 Å². The smallest absolute Gasteiger partial charge is 1.00 e. The quantitative estimate of drug-likeness (QED) is 0.224. The van der Waals surface area contributed by atoms with Crippen LogP contribution in [0.15, 0.2) is 0 Å². The van der Waals surface area contributed by atoms with Crippen molar-refractivity contribution in [2.45, 2.75) is 110 Å². The number of phosphoric acid groups is 1. The summed E-state index contributed by atoms with van der Waals surface area (Å²) in [7, 11) is -4.26. The molecular weight excluding hydrogens is 318 g/mol. The minimum atomic E-state index is -4.26. The first-order chi connectivity index (χ1) is 11.1. The van der Waals surface area contributed by atoms with Gasteiger partial charge in [-0.05, 0) is 6.42 Å². The van der Waals surface area contributed by atoms with Crippen LogP contribution in [0.5, 0.6) is 0 Å². The third kappa shape index (κ3) is 25.0. The minimum absolute atomic E-state index is 0. The van der Waals surface area contributed by atoms with Gasteiger partial charge in [-0.2, -0.15) is 0 Å². The molecule has 142 valence electrons. The molecule has 0 aliphatic carbocycles. The van der Waals surface area contributed by atoms with Crippen molar-refractivity contribution < 1.29 is 39.2 Å². The molecule has 2 N–H and O–H groups in total. The Balaban J connectivity index is -0.00000242. The first-order valence-electron chi connectivity index (χ1n) is 9.76. The van der Waals surface area contributed by atoms with E-state index in [1.165, 1.54) is 83.5 Å². The van der Waals surface area contributed by atoms with Gasteiger partial charge in [-0.15, -0.1) is 0 Å². The Labute approximate surface area is 163 Å². The summed E-state index contributed by atoms with van der Waals surface area (Å²) in [5.41, 5.74) is 0. The normalized spacial score (nSPS) is 11.5. The monoisotopic (exact) mass is 358 g/mol. The SMILES string of the molecule is CCCCCCCCCCCCCCCCCCOP(=O)(O)O.[H-].[Li+]. The molecule has 0 unspecified atom stereocenters. The first-order valence-corrected chi connectivity index (χ1v) is 11.3. The largest absolute Gasteiger partial charge is 1.00 e. The van der Waals surface area contributed by atoms with Crippen molar-refractivity contribution in [3.8, 4) is 0 Å². The Kier molecular flexibility index (Phi) is 22.5. The van der Waals surface area contributed by atoms with E-state index in [0.29, 0.717) is 0 Å². The molecule has 0 atom stereocenters. The van der Waals surface area contributed by atoms with E-state index < -0.39 is 7.82 Å². The summed E-state index contributed by atoms with van der Waals surface area (Å²) in [6, 6.07) is 0. The number of phosphoric ester groups is 1. The van der Waals surface area contributed by atoms with Gasteiger partial charge < -0.3 is 11.2 Å². The number of unbranched alkanes of at least 4 members (excludes halogenated alkanes) is 15. The van der Waals surface area contributed by atoms with E-state index in [-0.39, 0.29) is 26.9 Å². The van der Waals surface area contributed by atoms with Crippen LogP contribution in [0.2, 0.25) is 0 Å². The van der Waals surface area contributed by atoms with Crippen molar-refractivity contribution in [2.24, 2.45) is 0 Å². The molecule has 0 fully saturated rings. The molecule has 0 aromatic carbocycles. The molecule has 0 spiro atoms. The summed E-state index contributed by atoms with van der Waals surface area (Å²) in [4.78, 5) is 17.1. The van der Waals surface area contributed by atoms with Crippen LogP contribution in [0.4, 0.5) is 0 Å². The zero-order valence-electron chi connectivity index (χ0n) is 17.2. The summed E-state index contributed by atoms with van der Waals surface area (Å²) in [6.07, 6.45) is 20.7. The molecule has 0 heterocycles. The fourth-order valence-electron chi connectivity index (χ4n) is 2.83. The zero-order valence-corrected chi connectivity index (χ0v) is 17.1. The van der Waals surface area contributed by atoms with Gasteiger partial charge in [0.1, 0.15) is 0 Å². The minimum Gasteiger partial charge on any atom is -1.00 e. The van der Waals surface area contributed by atoms with E-state index >= 15 is 0 Å². The van der Waals surface area contributed by atoms with Gasteiger partial charge in [-0.25, -0.2) is 4.57 Å². The number of hydrogen-bond acceptors (Lipinski definition) is 2. The second-order valence-electron chi connectivity index (χ2n) is 6.63. The summed E-state index contributed by atoms with van der Waals surface area (Å²) in [6.45, 7) is 2.43. The molecule has 0 aliphatic rings. The fourth-order valence-corrected chi connectivity index (χ4v) is 3.20. The Morgan fingerprint density at radius 3 is 1.25 bits per heavy atom. The van der Waals surface area contributed by atoms with Crippen LogP contribution in [-0.2, 0) is 9.09 Å². The molecule has 0 bridgehead atoms. The molecule has 4 nitrogen and oxygen atoms in total. The zero-order chi connectivity index (χ0) is 17.2. The molecule has 0 radical (unpaired) electrons. The maximum Gasteiger partial charge on any atom is 1.00 e. The number of rotatable bonds is 18. The van der Waals surface area contributed by atoms with Gasteiger partial charge in [0.25, 0.3) is 0 Å². The van der Waals surface area contributed by atoms with Crippen LogP contribution in [0.25, 0.3) is 0 Å². The Morgan fingerprint density at radius 2 is 0.958 bits per heavy atom. The van der Waals surface area contributed by atoms with Crippen LogP contribution in [0.3, 0.4) is 0 Å². The van der Waals surface area contributed by atoms with Crippen molar-refractivity contribution in [1.82, 2.24) is 0 Å². The number of hydrogen-bond donors (Lipinski definition) is 2. The second kappa shape index (κ2) is 20.0. The average Bonchev–Trinajstić information content (AvgIpc) is 2.49. The van der Waals surface area contributed by atoms with Crippen molar-refractivity contribution in [2.75, 3.05) is 6.61 Å². The molecule has 0 rings (SSSR count). The van der Waals surface area contributed by atoms with Crippen LogP contribution in [0.1, 0.15) is 111 Å². The third-order valence-corrected chi connectivity index (χ3v) is 4.78.